The minimum atomic E-state index is -3.42. The third-order valence-corrected chi connectivity index (χ3v) is 6.40. The summed E-state index contributed by atoms with van der Waals surface area (Å²) in [5, 5.41) is 3.34. The molecule has 3 rings (SSSR count). The molecule has 0 saturated carbocycles. The Morgan fingerprint density at radius 1 is 1.12 bits per heavy atom. The lowest BCUT2D eigenvalue weighted by molar-refractivity contribution is 0.329. The van der Waals surface area contributed by atoms with E-state index in [2.05, 4.69) is 15.3 Å². The highest BCUT2D eigenvalue weighted by Crippen LogP contribution is 2.23. The van der Waals surface area contributed by atoms with Gasteiger partial charge in [0.2, 0.25) is 10.0 Å². The molecule has 0 aliphatic carbocycles. The number of sulfonamides is 1. The minimum absolute atomic E-state index is 0.228. The van der Waals surface area contributed by atoms with Gasteiger partial charge in [0, 0.05) is 25.3 Å². The Balaban J connectivity index is 1.66. The normalized spacial score (nSPS) is 16.9. The number of hydrogen-bond acceptors (Lipinski definition) is 5. The molecule has 0 atom stereocenters. The fraction of sp³-hybridized carbons (Fsp3) is 0.412. The Labute approximate surface area is 143 Å². The summed E-state index contributed by atoms with van der Waals surface area (Å²) in [7, 11) is -3.42. The van der Waals surface area contributed by atoms with E-state index >= 15 is 0 Å². The van der Waals surface area contributed by atoms with E-state index in [1.807, 2.05) is 26.0 Å². The van der Waals surface area contributed by atoms with Gasteiger partial charge in [0.15, 0.2) is 0 Å². The molecule has 0 radical (unpaired) electrons. The molecule has 0 bridgehead atoms. The number of nitrogens with zero attached hydrogens (tertiary/aromatic N) is 3. The highest BCUT2D eigenvalue weighted by Gasteiger charge is 2.29. The smallest absolute Gasteiger partial charge is 0.243 e. The molecule has 1 saturated heterocycles. The van der Waals surface area contributed by atoms with Crippen LogP contribution in [0.3, 0.4) is 0 Å². The summed E-state index contributed by atoms with van der Waals surface area (Å²) in [6.45, 7) is 4.94. The maximum Gasteiger partial charge on any atom is 0.243 e. The summed E-state index contributed by atoms with van der Waals surface area (Å²) >= 11 is 0. The number of piperidine rings is 1. The van der Waals surface area contributed by atoms with Crippen LogP contribution < -0.4 is 5.32 Å². The topological polar surface area (TPSA) is 75.2 Å². The number of aryl methyl sites for hydroxylation is 2. The van der Waals surface area contributed by atoms with E-state index in [1.54, 1.807) is 22.6 Å². The van der Waals surface area contributed by atoms with Gasteiger partial charge in [0.1, 0.15) is 12.1 Å². The van der Waals surface area contributed by atoms with Gasteiger partial charge < -0.3 is 5.32 Å². The summed E-state index contributed by atoms with van der Waals surface area (Å²) in [6.07, 6.45) is 4.71. The van der Waals surface area contributed by atoms with Crippen LogP contribution in [-0.2, 0) is 10.0 Å². The minimum Gasteiger partial charge on any atom is -0.367 e. The molecule has 1 aromatic heterocycles. The van der Waals surface area contributed by atoms with Gasteiger partial charge in [0.05, 0.1) is 4.90 Å². The monoisotopic (exact) mass is 346 g/mol. The summed E-state index contributed by atoms with van der Waals surface area (Å²) in [4.78, 5) is 8.43. The quantitative estimate of drug-likeness (QED) is 0.920. The predicted octanol–water partition coefficient (Wildman–Crippen LogP) is 2.36. The maximum atomic E-state index is 12.8. The second-order valence-corrected chi connectivity index (χ2v) is 8.10. The Kier molecular flexibility index (Phi) is 4.82. The highest BCUT2D eigenvalue weighted by atomic mass is 32.2. The number of rotatable bonds is 4. The zero-order valence-corrected chi connectivity index (χ0v) is 14.8. The van der Waals surface area contributed by atoms with Crippen molar-refractivity contribution >= 4 is 15.8 Å². The van der Waals surface area contributed by atoms with Gasteiger partial charge in [-0.3, -0.25) is 0 Å². The van der Waals surface area contributed by atoms with Crippen LogP contribution in [0, 0.1) is 13.8 Å². The van der Waals surface area contributed by atoms with Crippen LogP contribution in [0.1, 0.15) is 24.0 Å². The van der Waals surface area contributed by atoms with Crippen molar-refractivity contribution in [2.45, 2.75) is 37.6 Å². The molecule has 128 valence electrons. The Bertz CT molecular complexity index is 801. The second-order valence-electron chi connectivity index (χ2n) is 6.16. The first-order valence-electron chi connectivity index (χ1n) is 8.07. The first-order valence-corrected chi connectivity index (χ1v) is 9.51. The van der Waals surface area contributed by atoms with Gasteiger partial charge in [-0.15, -0.1) is 0 Å². The molecule has 1 aliphatic rings. The average molecular weight is 346 g/mol. The molecule has 1 fully saturated rings. The van der Waals surface area contributed by atoms with Crippen molar-refractivity contribution in [3.8, 4) is 0 Å². The van der Waals surface area contributed by atoms with E-state index in [0.717, 1.165) is 29.8 Å². The molecule has 24 heavy (non-hydrogen) atoms. The van der Waals surface area contributed by atoms with E-state index in [4.69, 9.17) is 0 Å². The zero-order valence-electron chi connectivity index (χ0n) is 13.9. The van der Waals surface area contributed by atoms with Crippen LogP contribution in [0.2, 0.25) is 0 Å². The van der Waals surface area contributed by atoms with Crippen molar-refractivity contribution in [2.75, 3.05) is 18.4 Å². The Hall–Kier alpha value is -1.99. The Morgan fingerprint density at radius 3 is 2.50 bits per heavy atom. The summed E-state index contributed by atoms with van der Waals surface area (Å²) in [5.74, 6) is 0.778. The Morgan fingerprint density at radius 2 is 1.88 bits per heavy atom. The van der Waals surface area contributed by atoms with Crippen molar-refractivity contribution in [3.05, 3.63) is 47.9 Å². The number of nitrogens with one attached hydrogen (secondary N) is 1. The van der Waals surface area contributed by atoms with Crippen molar-refractivity contribution in [3.63, 3.8) is 0 Å². The summed E-state index contributed by atoms with van der Waals surface area (Å²) < 4.78 is 27.2. The van der Waals surface area contributed by atoms with Crippen molar-refractivity contribution < 1.29 is 8.42 Å². The van der Waals surface area contributed by atoms with Crippen LogP contribution in [0.4, 0.5) is 5.82 Å². The molecule has 0 spiro atoms. The maximum absolute atomic E-state index is 12.8. The van der Waals surface area contributed by atoms with Crippen LogP contribution in [0.15, 0.2) is 41.7 Å². The first kappa shape index (κ1) is 16.9. The summed E-state index contributed by atoms with van der Waals surface area (Å²) in [5.41, 5.74) is 2.10. The molecular formula is C17H22N4O2S. The molecular weight excluding hydrogens is 324 g/mol. The first-order chi connectivity index (χ1) is 11.5. The molecule has 0 amide bonds. The lowest BCUT2D eigenvalue weighted by Crippen LogP contribution is -2.42. The third kappa shape index (κ3) is 3.57. The molecule has 0 unspecified atom stereocenters. The molecule has 6 nitrogen and oxygen atoms in total. The van der Waals surface area contributed by atoms with Gasteiger partial charge >= 0.3 is 0 Å². The van der Waals surface area contributed by atoms with Gasteiger partial charge in [-0.25, -0.2) is 18.4 Å². The van der Waals surface area contributed by atoms with Crippen LogP contribution in [-0.4, -0.2) is 41.8 Å². The highest BCUT2D eigenvalue weighted by molar-refractivity contribution is 7.89. The van der Waals surface area contributed by atoms with Gasteiger partial charge in [-0.05, 0) is 56.0 Å². The van der Waals surface area contributed by atoms with Gasteiger partial charge in [0.25, 0.3) is 0 Å². The lowest BCUT2D eigenvalue weighted by Gasteiger charge is -2.32. The van der Waals surface area contributed by atoms with E-state index < -0.39 is 10.0 Å². The largest absolute Gasteiger partial charge is 0.367 e. The van der Waals surface area contributed by atoms with Gasteiger partial charge in [-0.1, -0.05) is 6.07 Å². The number of hydrogen-bond donors (Lipinski definition) is 1. The zero-order chi connectivity index (χ0) is 17.2. The third-order valence-electron chi connectivity index (χ3n) is 4.50. The van der Waals surface area contributed by atoms with E-state index in [-0.39, 0.29) is 6.04 Å². The fourth-order valence-corrected chi connectivity index (χ4v) is 4.40. The van der Waals surface area contributed by atoms with Crippen molar-refractivity contribution in [1.29, 1.82) is 0 Å². The van der Waals surface area contributed by atoms with E-state index in [1.165, 1.54) is 6.33 Å². The average Bonchev–Trinajstić information content (AvgIpc) is 2.58. The number of benzene rings is 1. The van der Waals surface area contributed by atoms with E-state index in [9.17, 15) is 8.42 Å². The molecule has 1 aromatic carbocycles. The van der Waals surface area contributed by atoms with Crippen LogP contribution in [0.5, 0.6) is 0 Å². The van der Waals surface area contributed by atoms with Gasteiger partial charge in [-0.2, -0.15) is 4.31 Å². The predicted molar refractivity (Wildman–Crippen MR) is 93.4 cm³/mol. The van der Waals surface area contributed by atoms with Crippen molar-refractivity contribution in [2.24, 2.45) is 0 Å². The SMILES string of the molecule is Cc1ccc(S(=O)(=O)N2CCC(Nc3ccncn3)CC2)cc1C. The standard InChI is InChI=1S/C17H22N4O2S/c1-13-3-4-16(11-14(13)2)24(22,23)21-9-6-15(7-10-21)20-17-5-8-18-12-19-17/h3-5,8,11-12,15H,6-7,9-10H2,1-2H3,(H,18,19,20). The van der Waals surface area contributed by atoms with E-state index in [0.29, 0.717) is 18.0 Å². The number of aromatic nitrogens is 2. The molecule has 1 aliphatic heterocycles. The second kappa shape index (κ2) is 6.86. The number of anilines is 1. The molecule has 2 heterocycles. The van der Waals surface area contributed by atoms with Crippen LogP contribution >= 0.6 is 0 Å². The summed E-state index contributed by atoms with van der Waals surface area (Å²) in [6, 6.07) is 7.37. The molecule has 2 aromatic rings. The lowest BCUT2D eigenvalue weighted by atomic mass is 10.1. The van der Waals surface area contributed by atoms with Crippen molar-refractivity contribution in [1.82, 2.24) is 14.3 Å². The fourth-order valence-electron chi connectivity index (χ4n) is 2.85. The molecule has 1 N–H and O–H groups in total. The van der Waals surface area contributed by atoms with Crippen LogP contribution in [0.25, 0.3) is 0 Å². The molecule has 7 heteroatoms.